The number of carbonyl (C=O) groups is 1. The molecule has 0 aromatic rings. The lowest BCUT2D eigenvalue weighted by Crippen LogP contribution is -2.60. The second-order valence-corrected chi connectivity index (χ2v) is 15.6. The van der Waals surface area contributed by atoms with Crippen LogP contribution in [0.2, 0.25) is 0 Å². The van der Waals surface area contributed by atoms with Crippen molar-refractivity contribution in [3.63, 3.8) is 0 Å². The fourth-order valence-corrected chi connectivity index (χ4v) is 6.62. The van der Waals surface area contributed by atoms with E-state index in [1.165, 1.54) is 25.7 Å². The molecule has 1 heterocycles. The third-order valence-electron chi connectivity index (χ3n) is 9.37. The van der Waals surface area contributed by atoms with E-state index in [2.05, 4.69) is 78.8 Å². The van der Waals surface area contributed by atoms with Crippen LogP contribution in [0.4, 0.5) is 0 Å². The van der Waals surface area contributed by atoms with E-state index >= 15 is 0 Å². The van der Waals surface area contributed by atoms with Crippen LogP contribution in [-0.4, -0.2) is 97.5 Å². The van der Waals surface area contributed by atoms with Gasteiger partial charge in [0.15, 0.2) is 6.29 Å². The van der Waals surface area contributed by atoms with Crippen molar-refractivity contribution in [1.82, 2.24) is 0 Å². The molecule has 57 heavy (non-hydrogen) atoms. The van der Waals surface area contributed by atoms with E-state index in [0.717, 1.165) is 96.3 Å². The van der Waals surface area contributed by atoms with Crippen molar-refractivity contribution in [2.75, 3.05) is 26.4 Å². The van der Waals surface area contributed by atoms with Crippen molar-refractivity contribution in [2.45, 2.75) is 185 Å². The lowest BCUT2D eigenvalue weighted by atomic mass is 9.99. The zero-order chi connectivity index (χ0) is 41.8. The van der Waals surface area contributed by atoms with Crippen molar-refractivity contribution >= 4 is 16.4 Å². The zero-order valence-corrected chi connectivity index (χ0v) is 35.7. The number of hydrogen-bond acceptors (Lipinski definition) is 11. The van der Waals surface area contributed by atoms with E-state index < -0.39 is 59.8 Å². The average molecular weight is 829 g/mol. The summed E-state index contributed by atoms with van der Waals surface area (Å²) in [6.07, 6.45) is 33.9. The van der Waals surface area contributed by atoms with Gasteiger partial charge >= 0.3 is 16.4 Å². The number of aliphatic hydroxyl groups is 3. The van der Waals surface area contributed by atoms with Crippen LogP contribution in [0.15, 0.2) is 60.8 Å². The van der Waals surface area contributed by atoms with Crippen LogP contribution in [0, 0.1) is 0 Å². The molecule has 0 saturated carbocycles. The normalized spacial score (nSPS) is 21.3. The first kappa shape index (κ1) is 52.8. The molecule has 0 spiro atoms. The summed E-state index contributed by atoms with van der Waals surface area (Å²) in [5, 5.41) is 30.6. The molecule has 1 fully saturated rings. The maximum atomic E-state index is 12.8. The van der Waals surface area contributed by atoms with E-state index in [-0.39, 0.29) is 19.6 Å². The summed E-state index contributed by atoms with van der Waals surface area (Å²) in [4.78, 5) is 12.8. The largest absolute Gasteiger partial charge is 0.457 e. The lowest BCUT2D eigenvalue weighted by Gasteiger charge is -2.41. The van der Waals surface area contributed by atoms with E-state index in [1.807, 2.05) is 0 Å². The first-order valence-corrected chi connectivity index (χ1v) is 22.9. The molecule has 0 aromatic carbocycles. The van der Waals surface area contributed by atoms with Crippen molar-refractivity contribution in [3.05, 3.63) is 60.8 Å². The Morgan fingerprint density at radius 3 is 1.77 bits per heavy atom. The van der Waals surface area contributed by atoms with Gasteiger partial charge in [0.05, 0.1) is 19.8 Å². The third kappa shape index (κ3) is 29.6. The van der Waals surface area contributed by atoms with Gasteiger partial charge in [0.25, 0.3) is 0 Å². The first-order valence-electron chi connectivity index (χ1n) is 21.5. The third-order valence-corrected chi connectivity index (χ3v) is 9.84. The predicted octanol–water partition coefficient (Wildman–Crippen LogP) is 8.57. The van der Waals surface area contributed by atoms with E-state index in [0.29, 0.717) is 13.0 Å². The minimum atomic E-state index is -5.07. The minimum Gasteiger partial charge on any atom is -0.457 e. The Morgan fingerprint density at radius 2 is 1.21 bits per heavy atom. The molecule has 1 saturated heterocycles. The van der Waals surface area contributed by atoms with Crippen LogP contribution >= 0.6 is 0 Å². The SMILES string of the molecule is CC/C=C\C/C=C\C/C=C\CCCCCCCC(=O)OC(COCCCCCCCC/C=C\C/C=C\CCCC)COC1OC(CO)C(O)C(OS(=O)(=O)O)C1O. The Bertz CT molecular complexity index is 1230. The summed E-state index contributed by atoms with van der Waals surface area (Å²) >= 11 is 0. The highest BCUT2D eigenvalue weighted by atomic mass is 32.3. The van der Waals surface area contributed by atoms with Gasteiger partial charge in [0.1, 0.15) is 30.5 Å². The maximum absolute atomic E-state index is 12.8. The summed E-state index contributed by atoms with van der Waals surface area (Å²) in [5.74, 6) is -0.423. The van der Waals surface area contributed by atoms with Crippen molar-refractivity contribution in [1.29, 1.82) is 0 Å². The highest BCUT2D eigenvalue weighted by Crippen LogP contribution is 2.26. The van der Waals surface area contributed by atoms with Gasteiger partial charge in [0.2, 0.25) is 0 Å². The van der Waals surface area contributed by atoms with E-state index in [1.54, 1.807) is 0 Å². The molecule has 0 bridgehead atoms. The minimum absolute atomic E-state index is 0.0187. The molecule has 0 aromatic heterocycles. The number of aliphatic hydroxyl groups excluding tert-OH is 3. The summed E-state index contributed by atoms with van der Waals surface area (Å²) in [5.41, 5.74) is 0. The van der Waals surface area contributed by atoms with Crippen LogP contribution in [-0.2, 0) is 38.3 Å². The first-order chi connectivity index (χ1) is 27.6. The molecule has 1 aliphatic heterocycles. The number of hydrogen-bond donors (Lipinski definition) is 4. The Balaban J connectivity index is 2.48. The van der Waals surface area contributed by atoms with Crippen molar-refractivity contribution in [2.24, 2.45) is 0 Å². The molecule has 330 valence electrons. The number of esters is 1. The summed E-state index contributed by atoms with van der Waals surface area (Å²) in [6, 6.07) is 0. The van der Waals surface area contributed by atoms with Crippen LogP contribution in [0.5, 0.6) is 0 Å². The summed E-state index contributed by atoms with van der Waals surface area (Å²) in [7, 11) is -5.07. The fraction of sp³-hybridized carbons (Fsp3) is 0.750. The number of allylic oxidation sites excluding steroid dienone is 10. The Labute approximate surface area is 344 Å². The number of rotatable bonds is 36. The van der Waals surface area contributed by atoms with Gasteiger partial charge in [-0.2, -0.15) is 8.42 Å². The number of carbonyl (C=O) groups excluding carboxylic acids is 1. The molecular weight excluding hydrogens is 753 g/mol. The van der Waals surface area contributed by atoms with Gasteiger partial charge in [0, 0.05) is 13.0 Å². The molecule has 0 amide bonds. The van der Waals surface area contributed by atoms with E-state index in [4.69, 9.17) is 23.5 Å². The molecule has 0 radical (unpaired) electrons. The maximum Gasteiger partial charge on any atom is 0.397 e. The van der Waals surface area contributed by atoms with E-state index in [9.17, 15) is 28.5 Å². The molecular formula is C44H76O12S. The molecule has 6 atom stereocenters. The molecule has 1 rings (SSSR count). The van der Waals surface area contributed by atoms with Gasteiger partial charge in [-0.25, -0.2) is 4.18 Å². The van der Waals surface area contributed by atoms with Gasteiger partial charge in [-0.05, 0) is 70.6 Å². The van der Waals surface area contributed by atoms with Gasteiger partial charge in [-0.3, -0.25) is 9.35 Å². The molecule has 1 aliphatic rings. The highest BCUT2D eigenvalue weighted by molar-refractivity contribution is 7.80. The van der Waals surface area contributed by atoms with Crippen LogP contribution in [0.25, 0.3) is 0 Å². The Morgan fingerprint density at radius 1 is 0.684 bits per heavy atom. The second kappa shape index (κ2) is 35.7. The monoisotopic (exact) mass is 829 g/mol. The fourth-order valence-electron chi connectivity index (χ4n) is 6.11. The quantitative estimate of drug-likeness (QED) is 0.0205. The summed E-state index contributed by atoms with van der Waals surface area (Å²) < 4.78 is 58.9. The van der Waals surface area contributed by atoms with Gasteiger partial charge in [-0.1, -0.05) is 132 Å². The standard InChI is InChI=1S/C44H76O12S/c1-3-5-7-9-11-13-15-17-19-21-23-25-27-29-31-33-40(46)54-38(37-53-44-42(48)43(56-57(49,50)51)41(47)39(35-45)55-44)36-52-34-32-30-28-26-24-22-20-18-16-14-12-10-8-6-4-2/h5,7,10-13,16-19,38-39,41-45,47-48H,3-4,6,8-9,14-15,20-37H2,1-2H3,(H,49,50,51)/b7-5-,12-10-,13-11-,18-16-,19-17-. The molecule has 6 unspecified atom stereocenters. The Hall–Kier alpha value is -2.20. The van der Waals surface area contributed by atoms with Crippen LogP contribution in [0.3, 0.4) is 0 Å². The molecule has 13 heteroatoms. The van der Waals surface area contributed by atoms with Crippen molar-refractivity contribution in [3.8, 4) is 0 Å². The van der Waals surface area contributed by atoms with Crippen LogP contribution in [0.1, 0.15) is 149 Å². The number of unbranched alkanes of at least 4 members (excludes halogenated alkanes) is 13. The number of ether oxygens (including phenoxy) is 4. The molecule has 0 aliphatic carbocycles. The molecule has 12 nitrogen and oxygen atoms in total. The predicted molar refractivity (Wildman–Crippen MR) is 225 cm³/mol. The van der Waals surface area contributed by atoms with Gasteiger partial charge in [-0.15, -0.1) is 0 Å². The highest BCUT2D eigenvalue weighted by Gasteiger charge is 2.48. The topological polar surface area (TPSA) is 178 Å². The average Bonchev–Trinajstić information content (AvgIpc) is 3.18. The molecule has 4 N–H and O–H groups in total. The van der Waals surface area contributed by atoms with Crippen LogP contribution < -0.4 is 0 Å². The second-order valence-electron chi connectivity index (χ2n) is 14.5. The lowest BCUT2D eigenvalue weighted by molar-refractivity contribution is -0.301. The van der Waals surface area contributed by atoms with Gasteiger partial charge < -0.3 is 34.3 Å². The smallest absolute Gasteiger partial charge is 0.397 e. The van der Waals surface area contributed by atoms with Crippen molar-refractivity contribution < 1.29 is 56.2 Å². The summed E-state index contributed by atoms with van der Waals surface area (Å²) in [6.45, 7) is 3.77. The zero-order valence-electron chi connectivity index (χ0n) is 34.9. The Kier molecular flexibility index (Phi) is 33.1.